The number of rotatable bonds is 9. The molecule has 9 nitrogen and oxygen atoms in total. The summed E-state index contributed by atoms with van der Waals surface area (Å²) >= 11 is 0. The molecule has 0 aliphatic carbocycles. The van der Waals surface area contributed by atoms with E-state index in [9.17, 15) is 19.2 Å². The van der Waals surface area contributed by atoms with Crippen LogP contribution in [0.3, 0.4) is 0 Å². The first-order chi connectivity index (χ1) is 11.0. The number of hydrogen-bond acceptors (Lipinski definition) is 5. The molecule has 3 unspecified atom stereocenters. The monoisotopic (exact) mass is 344 g/mol. The third-order valence-corrected chi connectivity index (χ3v) is 3.43. The molecule has 0 aromatic carbocycles. The van der Waals surface area contributed by atoms with Gasteiger partial charge in [-0.3, -0.25) is 19.2 Å². The summed E-state index contributed by atoms with van der Waals surface area (Å²) in [5, 5.41) is 15.7. The molecule has 3 amide bonds. The van der Waals surface area contributed by atoms with E-state index in [1.807, 2.05) is 0 Å². The Bertz CT molecular complexity index is 478. The third-order valence-electron chi connectivity index (χ3n) is 3.43. The number of carboxylic acids is 1. The summed E-state index contributed by atoms with van der Waals surface area (Å²) in [7, 11) is 0. The van der Waals surface area contributed by atoms with Crippen molar-refractivity contribution in [3.05, 3.63) is 0 Å². The maximum Gasteiger partial charge on any atom is 0.322 e. The second-order valence-electron chi connectivity index (χ2n) is 6.34. The summed E-state index contributed by atoms with van der Waals surface area (Å²) < 4.78 is 0. The maximum atomic E-state index is 12.3. The highest BCUT2D eigenvalue weighted by Crippen LogP contribution is 2.05. The van der Waals surface area contributed by atoms with Crippen molar-refractivity contribution in [3.63, 3.8) is 0 Å². The van der Waals surface area contributed by atoms with E-state index in [4.69, 9.17) is 10.8 Å². The van der Waals surface area contributed by atoms with Gasteiger partial charge < -0.3 is 26.8 Å². The summed E-state index contributed by atoms with van der Waals surface area (Å²) in [6.45, 7) is 7.98. The lowest BCUT2D eigenvalue weighted by atomic mass is 10.00. The fourth-order valence-corrected chi connectivity index (χ4v) is 1.77. The molecule has 0 fully saturated rings. The Kier molecular flexibility index (Phi) is 8.97. The van der Waals surface area contributed by atoms with Crippen molar-refractivity contribution in [2.24, 2.45) is 17.6 Å². The lowest BCUT2D eigenvalue weighted by Gasteiger charge is -2.25. The Balaban J connectivity index is 4.78. The van der Waals surface area contributed by atoms with Crippen molar-refractivity contribution in [1.29, 1.82) is 0 Å². The fraction of sp³-hybridized carbons (Fsp3) is 0.733. The highest BCUT2D eigenvalue weighted by atomic mass is 16.4. The van der Waals surface area contributed by atoms with Gasteiger partial charge in [0.2, 0.25) is 17.7 Å². The van der Waals surface area contributed by atoms with Crippen LogP contribution in [-0.4, -0.2) is 53.5 Å². The summed E-state index contributed by atoms with van der Waals surface area (Å²) in [5.41, 5.74) is 5.76. The van der Waals surface area contributed by atoms with Crippen molar-refractivity contribution < 1.29 is 24.3 Å². The minimum atomic E-state index is -1.18. The summed E-state index contributed by atoms with van der Waals surface area (Å²) in [6.07, 6.45) is 0. The highest BCUT2D eigenvalue weighted by Gasteiger charge is 2.29. The predicted molar refractivity (Wildman–Crippen MR) is 87.8 cm³/mol. The van der Waals surface area contributed by atoms with E-state index in [2.05, 4.69) is 16.0 Å². The van der Waals surface area contributed by atoms with E-state index < -0.39 is 48.4 Å². The van der Waals surface area contributed by atoms with Crippen LogP contribution in [-0.2, 0) is 19.2 Å². The van der Waals surface area contributed by atoms with Crippen LogP contribution in [0.4, 0.5) is 0 Å². The first kappa shape index (κ1) is 21.8. The average molecular weight is 344 g/mol. The van der Waals surface area contributed by atoms with Gasteiger partial charge in [0.15, 0.2) is 0 Å². The van der Waals surface area contributed by atoms with Gasteiger partial charge >= 0.3 is 5.97 Å². The molecule has 9 heteroatoms. The Morgan fingerprint density at radius 1 is 0.875 bits per heavy atom. The molecule has 0 aromatic heterocycles. The van der Waals surface area contributed by atoms with E-state index in [1.54, 1.807) is 27.7 Å². The number of nitrogens with two attached hydrogens (primary N) is 1. The Morgan fingerprint density at radius 2 is 1.42 bits per heavy atom. The molecule has 0 bridgehead atoms. The largest absolute Gasteiger partial charge is 0.480 e. The average Bonchev–Trinajstić information content (AvgIpc) is 2.48. The quantitative estimate of drug-likeness (QED) is 0.355. The Morgan fingerprint density at radius 3 is 1.83 bits per heavy atom. The van der Waals surface area contributed by atoms with Crippen LogP contribution in [0.25, 0.3) is 0 Å². The first-order valence-corrected chi connectivity index (χ1v) is 7.83. The molecule has 24 heavy (non-hydrogen) atoms. The minimum Gasteiger partial charge on any atom is -0.480 e. The molecule has 0 aliphatic rings. The van der Waals surface area contributed by atoms with E-state index in [-0.39, 0.29) is 11.8 Å². The lowest BCUT2D eigenvalue weighted by molar-refractivity contribution is -0.138. The van der Waals surface area contributed by atoms with Gasteiger partial charge in [-0.15, -0.1) is 0 Å². The van der Waals surface area contributed by atoms with E-state index >= 15 is 0 Å². The van der Waals surface area contributed by atoms with Crippen LogP contribution in [0.5, 0.6) is 0 Å². The minimum absolute atomic E-state index is 0.0819. The molecular formula is C15H28N4O5. The first-order valence-electron chi connectivity index (χ1n) is 7.83. The number of carboxylic acid groups (broad SMARTS) is 1. The molecule has 0 aromatic rings. The topological polar surface area (TPSA) is 151 Å². The molecule has 0 saturated carbocycles. The zero-order chi connectivity index (χ0) is 19.0. The normalized spacial score (nSPS) is 14.7. The van der Waals surface area contributed by atoms with Gasteiger partial charge in [0, 0.05) is 0 Å². The smallest absolute Gasteiger partial charge is 0.322 e. The summed E-state index contributed by atoms with van der Waals surface area (Å²) in [6, 6.07) is -2.53. The van der Waals surface area contributed by atoms with E-state index in [0.29, 0.717) is 0 Å². The molecule has 6 N–H and O–H groups in total. The number of carbonyl (C=O) groups excluding carboxylic acids is 3. The number of carbonyl (C=O) groups is 4. The standard InChI is InChI=1S/C15H28N4O5/c1-7(2)11(16)14(23)19-12(8(3)4)15(24)18-9(5)13(22)17-6-10(20)21/h7-9,11-12H,6,16H2,1-5H3,(H,17,22)(H,18,24)(H,19,23)(H,20,21). The molecule has 0 rings (SSSR count). The number of aliphatic carboxylic acids is 1. The molecule has 0 heterocycles. The SMILES string of the molecule is CC(NC(=O)C(NC(=O)C(N)C(C)C)C(C)C)C(=O)NCC(=O)O. The molecule has 0 saturated heterocycles. The van der Waals surface area contributed by atoms with Crippen molar-refractivity contribution in [2.45, 2.75) is 52.7 Å². The highest BCUT2D eigenvalue weighted by molar-refractivity contribution is 5.93. The molecule has 0 radical (unpaired) electrons. The number of amides is 3. The van der Waals surface area contributed by atoms with Gasteiger partial charge in [-0.2, -0.15) is 0 Å². The van der Waals surface area contributed by atoms with Crippen LogP contribution in [0.2, 0.25) is 0 Å². The Labute approximate surface area is 141 Å². The second-order valence-corrected chi connectivity index (χ2v) is 6.34. The molecular weight excluding hydrogens is 316 g/mol. The predicted octanol–water partition coefficient (Wildman–Crippen LogP) is -1.18. The summed E-state index contributed by atoms with van der Waals surface area (Å²) in [5.74, 6) is -3.09. The van der Waals surface area contributed by atoms with Crippen LogP contribution in [0.1, 0.15) is 34.6 Å². The van der Waals surface area contributed by atoms with Gasteiger partial charge in [0.25, 0.3) is 0 Å². The maximum absolute atomic E-state index is 12.3. The third kappa shape index (κ3) is 7.40. The zero-order valence-corrected chi connectivity index (χ0v) is 14.8. The van der Waals surface area contributed by atoms with E-state index in [1.165, 1.54) is 6.92 Å². The zero-order valence-electron chi connectivity index (χ0n) is 14.8. The van der Waals surface area contributed by atoms with Gasteiger partial charge in [-0.05, 0) is 18.8 Å². The van der Waals surface area contributed by atoms with Gasteiger partial charge in [-0.1, -0.05) is 27.7 Å². The van der Waals surface area contributed by atoms with Gasteiger partial charge in [0.05, 0.1) is 6.04 Å². The van der Waals surface area contributed by atoms with Crippen molar-refractivity contribution in [3.8, 4) is 0 Å². The summed E-state index contributed by atoms with van der Waals surface area (Å²) in [4.78, 5) is 46.5. The number of nitrogens with one attached hydrogen (secondary N) is 3. The Hall–Kier alpha value is -2.16. The molecule has 138 valence electrons. The number of hydrogen-bond donors (Lipinski definition) is 5. The fourth-order valence-electron chi connectivity index (χ4n) is 1.77. The van der Waals surface area contributed by atoms with Gasteiger partial charge in [0.1, 0.15) is 18.6 Å². The van der Waals surface area contributed by atoms with Crippen molar-refractivity contribution in [2.75, 3.05) is 6.54 Å². The molecule has 0 spiro atoms. The van der Waals surface area contributed by atoms with Crippen LogP contribution < -0.4 is 21.7 Å². The lowest BCUT2D eigenvalue weighted by Crippen LogP contribution is -2.57. The van der Waals surface area contributed by atoms with Gasteiger partial charge in [-0.25, -0.2) is 0 Å². The van der Waals surface area contributed by atoms with E-state index in [0.717, 1.165) is 0 Å². The van der Waals surface area contributed by atoms with Crippen LogP contribution in [0, 0.1) is 11.8 Å². The van der Waals surface area contributed by atoms with Crippen LogP contribution in [0.15, 0.2) is 0 Å². The van der Waals surface area contributed by atoms with Crippen molar-refractivity contribution >= 4 is 23.7 Å². The van der Waals surface area contributed by atoms with Crippen LogP contribution >= 0.6 is 0 Å². The second kappa shape index (κ2) is 9.86. The van der Waals surface area contributed by atoms with Crippen molar-refractivity contribution in [1.82, 2.24) is 16.0 Å². The molecule has 0 aliphatic heterocycles. The molecule has 3 atom stereocenters.